The second-order valence-corrected chi connectivity index (χ2v) is 2.95. The molecule has 0 radical (unpaired) electrons. The first-order valence-corrected chi connectivity index (χ1v) is 4.01. The predicted molar refractivity (Wildman–Crippen MR) is 41.2 cm³/mol. The Morgan fingerprint density at radius 1 is 1.73 bits per heavy atom. The van der Waals surface area contributed by atoms with Gasteiger partial charge in [-0.15, -0.1) is 0 Å². The number of aryl methyl sites for hydroxylation is 1. The topological polar surface area (TPSA) is 38.1 Å². The van der Waals surface area contributed by atoms with Crippen molar-refractivity contribution in [1.29, 1.82) is 0 Å². The van der Waals surface area contributed by atoms with Gasteiger partial charge in [-0.25, -0.2) is 4.98 Å². The molecule has 0 amide bonds. The molecular weight excluding hydrogens is 140 g/mol. The van der Waals surface area contributed by atoms with Crippen LogP contribution < -0.4 is 5.32 Å². The number of hydrogen-bond donors (Lipinski definition) is 1. The van der Waals surface area contributed by atoms with Crippen LogP contribution in [0.5, 0.6) is 0 Å². The first-order chi connectivity index (χ1) is 5.38. The largest absolute Gasteiger partial charge is 0.447 e. The Bertz CT molecular complexity index is 238. The predicted octanol–water partition coefficient (Wildman–Crippen LogP) is 1.41. The normalized spacial score (nSPS) is 24.3. The summed E-state index contributed by atoms with van der Waals surface area (Å²) < 4.78 is 5.27. The van der Waals surface area contributed by atoms with Gasteiger partial charge in [-0.3, -0.25) is 0 Å². The molecule has 0 spiro atoms. The molecule has 1 N–H and O–H groups in total. The SMILES string of the molecule is Cc1ncoc1C1CCCN1. The summed E-state index contributed by atoms with van der Waals surface area (Å²) in [7, 11) is 0. The molecule has 0 aromatic carbocycles. The van der Waals surface area contributed by atoms with E-state index >= 15 is 0 Å². The number of hydrogen-bond acceptors (Lipinski definition) is 3. The van der Waals surface area contributed by atoms with Crippen molar-refractivity contribution in [2.24, 2.45) is 0 Å². The molecule has 0 aliphatic carbocycles. The smallest absolute Gasteiger partial charge is 0.181 e. The van der Waals surface area contributed by atoms with Gasteiger partial charge in [-0.1, -0.05) is 0 Å². The standard InChI is InChI=1S/C8H12N2O/c1-6-8(11-5-10-6)7-3-2-4-9-7/h5,7,9H,2-4H2,1H3. The lowest BCUT2D eigenvalue weighted by molar-refractivity contribution is 0.441. The minimum atomic E-state index is 0.414. The van der Waals surface area contributed by atoms with Crippen molar-refractivity contribution in [3.63, 3.8) is 0 Å². The van der Waals surface area contributed by atoms with E-state index in [0.29, 0.717) is 6.04 Å². The second kappa shape index (κ2) is 2.66. The number of rotatable bonds is 1. The summed E-state index contributed by atoms with van der Waals surface area (Å²) in [6.45, 7) is 3.09. The van der Waals surface area contributed by atoms with E-state index in [1.165, 1.54) is 19.2 Å². The van der Waals surface area contributed by atoms with Crippen LogP contribution in [0.15, 0.2) is 10.8 Å². The average molecular weight is 152 g/mol. The van der Waals surface area contributed by atoms with Gasteiger partial charge in [0.2, 0.25) is 0 Å². The van der Waals surface area contributed by atoms with Crippen molar-refractivity contribution < 1.29 is 4.42 Å². The quantitative estimate of drug-likeness (QED) is 0.661. The Morgan fingerprint density at radius 3 is 3.18 bits per heavy atom. The Balaban J connectivity index is 2.21. The summed E-state index contributed by atoms with van der Waals surface area (Å²) in [6, 6.07) is 0.414. The summed E-state index contributed by atoms with van der Waals surface area (Å²) >= 11 is 0. The van der Waals surface area contributed by atoms with Crippen LogP contribution in [0.2, 0.25) is 0 Å². The van der Waals surface area contributed by atoms with Crippen molar-refractivity contribution in [3.05, 3.63) is 17.8 Å². The molecule has 3 nitrogen and oxygen atoms in total. The van der Waals surface area contributed by atoms with Gasteiger partial charge in [-0.05, 0) is 26.3 Å². The minimum Gasteiger partial charge on any atom is -0.447 e. The highest BCUT2D eigenvalue weighted by molar-refractivity contribution is 5.10. The van der Waals surface area contributed by atoms with Gasteiger partial charge >= 0.3 is 0 Å². The molecule has 1 aromatic rings. The molecule has 1 aliphatic rings. The van der Waals surface area contributed by atoms with Crippen molar-refractivity contribution >= 4 is 0 Å². The monoisotopic (exact) mass is 152 g/mol. The van der Waals surface area contributed by atoms with Crippen LogP contribution in [-0.2, 0) is 0 Å². The van der Waals surface area contributed by atoms with Crippen LogP contribution in [0.4, 0.5) is 0 Å². The fourth-order valence-corrected chi connectivity index (χ4v) is 1.55. The summed E-state index contributed by atoms with van der Waals surface area (Å²) in [6.07, 6.45) is 3.94. The van der Waals surface area contributed by atoms with E-state index in [2.05, 4.69) is 10.3 Å². The second-order valence-electron chi connectivity index (χ2n) is 2.95. The van der Waals surface area contributed by atoms with E-state index in [4.69, 9.17) is 4.42 Å². The molecule has 1 unspecified atom stereocenters. The van der Waals surface area contributed by atoms with Crippen molar-refractivity contribution in [2.45, 2.75) is 25.8 Å². The van der Waals surface area contributed by atoms with E-state index in [1.54, 1.807) is 0 Å². The number of nitrogens with one attached hydrogen (secondary N) is 1. The van der Waals surface area contributed by atoms with Crippen molar-refractivity contribution in [3.8, 4) is 0 Å². The van der Waals surface area contributed by atoms with Gasteiger partial charge in [0, 0.05) is 0 Å². The summed E-state index contributed by atoms with van der Waals surface area (Å²) in [4.78, 5) is 4.05. The first-order valence-electron chi connectivity index (χ1n) is 4.01. The summed E-state index contributed by atoms with van der Waals surface area (Å²) in [5.41, 5.74) is 1.02. The highest BCUT2D eigenvalue weighted by atomic mass is 16.3. The van der Waals surface area contributed by atoms with Gasteiger partial charge in [0.25, 0.3) is 0 Å². The maximum atomic E-state index is 5.27. The maximum Gasteiger partial charge on any atom is 0.181 e. The number of nitrogens with zero attached hydrogens (tertiary/aromatic N) is 1. The summed E-state index contributed by atoms with van der Waals surface area (Å²) in [5.74, 6) is 1.02. The van der Waals surface area contributed by atoms with Gasteiger partial charge in [0.15, 0.2) is 6.39 Å². The fourth-order valence-electron chi connectivity index (χ4n) is 1.55. The highest BCUT2D eigenvalue weighted by Crippen LogP contribution is 2.24. The molecule has 0 saturated carbocycles. The minimum absolute atomic E-state index is 0.414. The lowest BCUT2D eigenvalue weighted by Crippen LogP contribution is -2.12. The third-order valence-electron chi connectivity index (χ3n) is 2.16. The molecule has 2 rings (SSSR count). The van der Waals surface area contributed by atoms with Crippen LogP contribution in [0.1, 0.15) is 30.3 Å². The zero-order chi connectivity index (χ0) is 7.68. The molecule has 0 bridgehead atoms. The van der Waals surface area contributed by atoms with Crippen molar-refractivity contribution in [1.82, 2.24) is 10.3 Å². The Labute approximate surface area is 65.8 Å². The molecule has 1 aromatic heterocycles. The molecule has 1 fully saturated rings. The van der Waals surface area contributed by atoms with E-state index in [-0.39, 0.29) is 0 Å². The Hall–Kier alpha value is -0.830. The third kappa shape index (κ3) is 1.16. The van der Waals surface area contributed by atoms with Gasteiger partial charge < -0.3 is 9.73 Å². The Morgan fingerprint density at radius 2 is 2.64 bits per heavy atom. The molecule has 11 heavy (non-hydrogen) atoms. The molecule has 3 heteroatoms. The lowest BCUT2D eigenvalue weighted by Gasteiger charge is -2.05. The fraction of sp³-hybridized carbons (Fsp3) is 0.625. The van der Waals surface area contributed by atoms with Gasteiger partial charge in [-0.2, -0.15) is 0 Å². The van der Waals surface area contributed by atoms with Crippen LogP contribution in [0.3, 0.4) is 0 Å². The molecular formula is C8H12N2O. The van der Waals surface area contributed by atoms with E-state index in [9.17, 15) is 0 Å². The van der Waals surface area contributed by atoms with Crippen LogP contribution in [0.25, 0.3) is 0 Å². The van der Waals surface area contributed by atoms with Crippen molar-refractivity contribution in [2.75, 3.05) is 6.54 Å². The maximum absolute atomic E-state index is 5.27. The lowest BCUT2D eigenvalue weighted by atomic mass is 10.1. The third-order valence-corrected chi connectivity index (χ3v) is 2.16. The van der Waals surface area contributed by atoms with E-state index in [1.807, 2.05) is 6.92 Å². The van der Waals surface area contributed by atoms with Crippen LogP contribution in [-0.4, -0.2) is 11.5 Å². The zero-order valence-corrected chi connectivity index (χ0v) is 6.63. The number of aromatic nitrogens is 1. The van der Waals surface area contributed by atoms with Crippen LogP contribution >= 0.6 is 0 Å². The zero-order valence-electron chi connectivity index (χ0n) is 6.63. The Kier molecular flexibility index (Phi) is 1.66. The average Bonchev–Trinajstić information content (AvgIpc) is 2.55. The molecule has 1 atom stereocenters. The number of oxazole rings is 1. The molecule has 60 valence electrons. The van der Waals surface area contributed by atoms with E-state index < -0.39 is 0 Å². The van der Waals surface area contributed by atoms with Gasteiger partial charge in [0.05, 0.1) is 11.7 Å². The van der Waals surface area contributed by atoms with Crippen LogP contribution in [0, 0.1) is 6.92 Å². The highest BCUT2D eigenvalue weighted by Gasteiger charge is 2.20. The van der Waals surface area contributed by atoms with E-state index in [0.717, 1.165) is 18.0 Å². The summed E-state index contributed by atoms with van der Waals surface area (Å²) in [5, 5.41) is 3.37. The van der Waals surface area contributed by atoms with Gasteiger partial charge in [0.1, 0.15) is 5.76 Å². The molecule has 1 aliphatic heterocycles. The first kappa shape index (κ1) is 6.85. The molecule has 1 saturated heterocycles. The molecule has 2 heterocycles.